The largest absolute Gasteiger partial charge is 0.396 e. The van der Waals surface area contributed by atoms with Crippen molar-refractivity contribution in [1.29, 1.82) is 0 Å². The fourth-order valence-electron chi connectivity index (χ4n) is 4.02. The van der Waals surface area contributed by atoms with E-state index < -0.39 is 0 Å². The average molecular weight is 269 g/mol. The minimum atomic E-state index is 0.140. The first kappa shape index (κ1) is 15.3. The van der Waals surface area contributed by atoms with Crippen LogP contribution in [0.25, 0.3) is 0 Å². The number of piperidine rings is 1. The van der Waals surface area contributed by atoms with Crippen LogP contribution in [-0.4, -0.2) is 47.5 Å². The molecule has 0 spiro atoms. The van der Waals surface area contributed by atoms with E-state index >= 15 is 0 Å². The lowest BCUT2D eigenvalue weighted by molar-refractivity contribution is 0.0220. The molecule has 1 saturated heterocycles. The van der Waals surface area contributed by atoms with E-state index in [-0.39, 0.29) is 5.41 Å². The normalized spacial score (nSPS) is 29.1. The molecule has 112 valence electrons. The number of likely N-dealkylation sites (tertiary alicyclic amines) is 1. The Kier molecular flexibility index (Phi) is 6.11. The van der Waals surface area contributed by atoms with Gasteiger partial charge in [0, 0.05) is 31.2 Å². The quantitative estimate of drug-likeness (QED) is 0.754. The minimum absolute atomic E-state index is 0.140. The van der Waals surface area contributed by atoms with Gasteiger partial charge in [-0.15, -0.1) is 0 Å². The van der Waals surface area contributed by atoms with Gasteiger partial charge in [-0.05, 0) is 38.6 Å². The van der Waals surface area contributed by atoms with Gasteiger partial charge in [0.25, 0.3) is 0 Å². The van der Waals surface area contributed by atoms with E-state index in [9.17, 15) is 10.2 Å². The lowest BCUT2D eigenvalue weighted by atomic mass is 9.79. The Hall–Kier alpha value is -0.120. The zero-order valence-corrected chi connectivity index (χ0v) is 12.3. The van der Waals surface area contributed by atoms with Crippen LogP contribution in [0.4, 0.5) is 0 Å². The summed E-state index contributed by atoms with van der Waals surface area (Å²) in [6.45, 7) is 2.85. The van der Waals surface area contributed by atoms with Crippen molar-refractivity contribution in [2.24, 2.45) is 5.41 Å². The van der Waals surface area contributed by atoms with Gasteiger partial charge in [0.1, 0.15) is 0 Å². The zero-order chi connectivity index (χ0) is 13.6. The standard InChI is InChI=1S/C16H31NO2/c18-12-8-15-7-3-6-11-17(15)13-16(14-19)9-4-1-2-5-10-16/h15,18-19H,1-14H2. The summed E-state index contributed by atoms with van der Waals surface area (Å²) in [4.78, 5) is 2.57. The molecule has 1 aliphatic heterocycles. The van der Waals surface area contributed by atoms with Gasteiger partial charge in [-0.3, -0.25) is 4.90 Å². The molecule has 2 rings (SSSR count). The third-order valence-electron chi connectivity index (χ3n) is 5.25. The highest BCUT2D eigenvalue weighted by atomic mass is 16.3. The molecule has 0 amide bonds. The Bertz CT molecular complexity index is 247. The van der Waals surface area contributed by atoms with Gasteiger partial charge in [0.05, 0.1) is 0 Å². The molecule has 0 aromatic rings. The molecule has 2 fully saturated rings. The predicted molar refractivity (Wildman–Crippen MR) is 78.1 cm³/mol. The summed E-state index contributed by atoms with van der Waals surface area (Å²) in [5, 5.41) is 19.2. The third kappa shape index (κ3) is 4.17. The van der Waals surface area contributed by atoms with Crippen LogP contribution in [0.2, 0.25) is 0 Å². The molecule has 19 heavy (non-hydrogen) atoms. The maximum atomic E-state index is 9.94. The molecule has 1 aliphatic carbocycles. The second-order valence-corrected chi connectivity index (χ2v) is 6.70. The number of hydrogen-bond acceptors (Lipinski definition) is 3. The average Bonchev–Trinajstić information content (AvgIpc) is 2.68. The van der Waals surface area contributed by atoms with Crippen LogP contribution in [0, 0.1) is 5.41 Å². The van der Waals surface area contributed by atoms with Crippen LogP contribution in [0.1, 0.15) is 64.2 Å². The van der Waals surface area contributed by atoms with Crippen LogP contribution in [0.3, 0.4) is 0 Å². The molecule has 2 aliphatic rings. The van der Waals surface area contributed by atoms with Crippen LogP contribution < -0.4 is 0 Å². The van der Waals surface area contributed by atoms with Gasteiger partial charge < -0.3 is 10.2 Å². The van der Waals surface area contributed by atoms with Gasteiger partial charge in [-0.25, -0.2) is 0 Å². The molecule has 1 atom stereocenters. The lowest BCUT2D eigenvalue weighted by Crippen LogP contribution is -2.47. The molecule has 0 radical (unpaired) electrons. The zero-order valence-electron chi connectivity index (χ0n) is 12.3. The Balaban J connectivity index is 1.98. The molecule has 1 unspecified atom stereocenters. The monoisotopic (exact) mass is 269 g/mol. The summed E-state index contributed by atoms with van der Waals surface area (Å²) in [6, 6.07) is 0.547. The highest BCUT2D eigenvalue weighted by Crippen LogP contribution is 2.37. The van der Waals surface area contributed by atoms with E-state index in [1.165, 1.54) is 57.8 Å². The van der Waals surface area contributed by atoms with Gasteiger partial charge in [0.2, 0.25) is 0 Å². The van der Waals surface area contributed by atoms with Crippen molar-refractivity contribution in [3.63, 3.8) is 0 Å². The SMILES string of the molecule is OCCC1CCCCN1CC1(CO)CCCCCC1. The van der Waals surface area contributed by atoms with E-state index in [0.717, 1.165) is 19.5 Å². The van der Waals surface area contributed by atoms with Crippen LogP contribution in [0.15, 0.2) is 0 Å². The molecule has 0 aromatic heterocycles. The van der Waals surface area contributed by atoms with Crippen LogP contribution in [-0.2, 0) is 0 Å². The van der Waals surface area contributed by atoms with Crippen LogP contribution >= 0.6 is 0 Å². The molecule has 3 heteroatoms. The molecule has 0 bridgehead atoms. The summed E-state index contributed by atoms with van der Waals surface area (Å²) in [5.41, 5.74) is 0.140. The lowest BCUT2D eigenvalue weighted by Gasteiger charge is -2.42. The minimum Gasteiger partial charge on any atom is -0.396 e. The summed E-state index contributed by atoms with van der Waals surface area (Å²) in [7, 11) is 0. The first-order valence-corrected chi connectivity index (χ1v) is 8.25. The van der Waals surface area contributed by atoms with E-state index in [1.54, 1.807) is 0 Å². The topological polar surface area (TPSA) is 43.7 Å². The molecule has 0 aromatic carbocycles. The smallest absolute Gasteiger partial charge is 0.0499 e. The van der Waals surface area contributed by atoms with Crippen molar-refractivity contribution in [3.05, 3.63) is 0 Å². The number of rotatable bonds is 5. The molecule has 1 saturated carbocycles. The fraction of sp³-hybridized carbons (Fsp3) is 1.00. The van der Waals surface area contributed by atoms with Gasteiger partial charge >= 0.3 is 0 Å². The van der Waals surface area contributed by atoms with Crippen LogP contribution in [0.5, 0.6) is 0 Å². The van der Waals surface area contributed by atoms with E-state index in [0.29, 0.717) is 19.3 Å². The van der Waals surface area contributed by atoms with Gasteiger partial charge in [-0.1, -0.05) is 32.1 Å². The van der Waals surface area contributed by atoms with Crippen molar-refractivity contribution in [1.82, 2.24) is 4.90 Å². The first-order valence-electron chi connectivity index (χ1n) is 8.25. The van der Waals surface area contributed by atoms with Crippen molar-refractivity contribution in [2.75, 3.05) is 26.3 Å². The summed E-state index contributed by atoms with van der Waals surface area (Å²) in [6.07, 6.45) is 12.3. The van der Waals surface area contributed by atoms with Crippen molar-refractivity contribution in [2.45, 2.75) is 70.3 Å². The number of aliphatic hydroxyl groups excluding tert-OH is 2. The summed E-state index contributed by atoms with van der Waals surface area (Å²) < 4.78 is 0. The Morgan fingerprint density at radius 2 is 1.68 bits per heavy atom. The van der Waals surface area contributed by atoms with Gasteiger partial charge in [-0.2, -0.15) is 0 Å². The second kappa shape index (κ2) is 7.61. The van der Waals surface area contributed by atoms with Gasteiger partial charge in [0.15, 0.2) is 0 Å². The molecule has 1 heterocycles. The van der Waals surface area contributed by atoms with E-state index in [2.05, 4.69) is 4.90 Å². The Morgan fingerprint density at radius 3 is 2.32 bits per heavy atom. The highest BCUT2D eigenvalue weighted by molar-refractivity contribution is 4.88. The van der Waals surface area contributed by atoms with Crippen molar-refractivity contribution < 1.29 is 10.2 Å². The summed E-state index contributed by atoms with van der Waals surface area (Å²) in [5.74, 6) is 0. The highest BCUT2D eigenvalue weighted by Gasteiger charge is 2.35. The Labute approximate surface area is 118 Å². The summed E-state index contributed by atoms with van der Waals surface area (Å²) >= 11 is 0. The maximum absolute atomic E-state index is 9.94. The van der Waals surface area contributed by atoms with Crippen molar-refractivity contribution in [3.8, 4) is 0 Å². The maximum Gasteiger partial charge on any atom is 0.0499 e. The fourth-order valence-corrected chi connectivity index (χ4v) is 4.02. The van der Waals surface area contributed by atoms with E-state index in [4.69, 9.17) is 0 Å². The number of hydrogen-bond donors (Lipinski definition) is 2. The second-order valence-electron chi connectivity index (χ2n) is 6.70. The third-order valence-corrected chi connectivity index (χ3v) is 5.25. The Morgan fingerprint density at radius 1 is 0.947 bits per heavy atom. The molecule has 3 nitrogen and oxygen atoms in total. The van der Waals surface area contributed by atoms with Crippen molar-refractivity contribution >= 4 is 0 Å². The van der Waals surface area contributed by atoms with E-state index in [1.807, 2.05) is 0 Å². The first-order chi connectivity index (χ1) is 9.29. The predicted octanol–water partition coefficient (Wildman–Crippen LogP) is 2.56. The molecule has 2 N–H and O–H groups in total. The molecular formula is C16H31NO2. The number of aliphatic hydroxyl groups is 2. The number of nitrogens with zero attached hydrogens (tertiary/aromatic N) is 1. The molecular weight excluding hydrogens is 238 g/mol.